The van der Waals surface area contributed by atoms with E-state index in [4.69, 9.17) is 5.11 Å². The van der Waals surface area contributed by atoms with Gasteiger partial charge in [0.05, 0.1) is 0 Å². The van der Waals surface area contributed by atoms with E-state index in [0.29, 0.717) is 25.2 Å². The Morgan fingerprint density at radius 3 is 2.81 bits per heavy atom. The van der Waals surface area contributed by atoms with Crippen molar-refractivity contribution in [2.75, 3.05) is 11.9 Å². The van der Waals surface area contributed by atoms with Gasteiger partial charge in [-0.15, -0.1) is 11.3 Å². The molecule has 1 aliphatic rings. The largest absolute Gasteiger partial charge is 0.481 e. The lowest BCUT2D eigenvalue weighted by atomic mass is 10.1. The molecule has 0 saturated carbocycles. The summed E-state index contributed by atoms with van der Waals surface area (Å²) in [6, 6.07) is 9.20. The Kier molecular flexibility index (Phi) is 6.24. The lowest BCUT2D eigenvalue weighted by Crippen LogP contribution is -2.35. The van der Waals surface area contributed by atoms with Crippen LogP contribution in [0, 0.1) is 0 Å². The maximum Gasteiger partial charge on any atom is 0.303 e. The van der Waals surface area contributed by atoms with Crippen molar-refractivity contribution in [3.8, 4) is 0 Å². The zero-order valence-corrected chi connectivity index (χ0v) is 15.8. The molecule has 2 heterocycles. The van der Waals surface area contributed by atoms with Crippen molar-refractivity contribution in [1.82, 2.24) is 4.90 Å². The summed E-state index contributed by atoms with van der Waals surface area (Å²) in [5.41, 5.74) is 2.68. The van der Waals surface area contributed by atoms with Crippen LogP contribution in [0.1, 0.15) is 35.3 Å². The number of carboxylic acids is 1. The number of carbonyl (C=O) groups excluding carboxylic acids is 2. The number of nitrogens with zero attached hydrogens (tertiary/aromatic N) is 1. The van der Waals surface area contributed by atoms with Crippen molar-refractivity contribution in [1.29, 1.82) is 0 Å². The summed E-state index contributed by atoms with van der Waals surface area (Å²) in [5, 5.41) is 13.6. The second-order valence-corrected chi connectivity index (χ2v) is 7.58. The van der Waals surface area contributed by atoms with Crippen LogP contribution in [0.3, 0.4) is 0 Å². The fourth-order valence-electron chi connectivity index (χ4n) is 3.12. The van der Waals surface area contributed by atoms with Crippen molar-refractivity contribution in [3.63, 3.8) is 0 Å². The molecule has 0 radical (unpaired) electrons. The molecule has 142 valence electrons. The monoisotopic (exact) mass is 386 g/mol. The van der Waals surface area contributed by atoms with Gasteiger partial charge in [0.1, 0.15) is 0 Å². The number of fused-ring (bicyclic) bond motifs is 1. The van der Waals surface area contributed by atoms with Crippen LogP contribution in [-0.4, -0.2) is 34.3 Å². The third kappa shape index (κ3) is 5.40. The highest BCUT2D eigenvalue weighted by molar-refractivity contribution is 7.10. The quantitative estimate of drug-likeness (QED) is 0.766. The smallest absolute Gasteiger partial charge is 0.303 e. The third-order valence-electron chi connectivity index (χ3n) is 4.56. The number of carboxylic acid groups (broad SMARTS) is 1. The lowest BCUT2D eigenvalue weighted by molar-refractivity contribution is -0.137. The Labute approximate surface area is 161 Å². The van der Waals surface area contributed by atoms with E-state index in [-0.39, 0.29) is 31.1 Å². The molecule has 0 fully saturated rings. The molecule has 1 aromatic heterocycles. The van der Waals surface area contributed by atoms with Crippen LogP contribution in [0.15, 0.2) is 35.7 Å². The molecule has 0 bridgehead atoms. The summed E-state index contributed by atoms with van der Waals surface area (Å²) in [4.78, 5) is 38.4. The number of aryl methyl sites for hydroxylation is 1. The number of rotatable bonds is 7. The third-order valence-corrected chi connectivity index (χ3v) is 5.59. The van der Waals surface area contributed by atoms with Crippen LogP contribution < -0.4 is 5.32 Å². The molecule has 0 saturated heterocycles. The van der Waals surface area contributed by atoms with Gasteiger partial charge in [0, 0.05) is 42.9 Å². The van der Waals surface area contributed by atoms with Crippen LogP contribution in [-0.2, 0) is 33.8 Å². The molecule has 3 rings (SSSR count). The van der Waals surface area contributed by atoms with Crippen molar-refractivity contribution >= 4 is 34.8 Å². The van der Waals surface area contributed by atoms with E-state index in [9.17, 15) is 14.4 Å². The van der Waals surface area contributed by atoms with Crippen molar-refractivity contribution in [2.45, 2.75) is 38.6 Å². The minimum absolute atomic E-state index is 0.00258. The molecule has 2 aromatic rings. The molecule has 2 N–H and O–H groups in total. The Morgan fingerprint density at radius 1 is 1.15 bits per heavy atom. The Morgan fingerprint density at radius 2 is 2.00 bits per heavy atom. The number of anilines is 1. The fourth-order valence-corrected chi connectivity index (χ4v) is 4.01. The van der Waals surface area contributed by atoms with Gasteiger partial charge in [0.15, 0.2) is 0 Å². The first-order chi connectivity index (χ1) is 13.0. The molecule has 1 aromatic carbocycles. The minimum Gasteiger partial charge on any atom is -0.481 e. The molecular weight excluding hydrogens is 364 g/mol. The average molecular weight is 386 g/mol. The number of nitrogens with one attached hydrogen (secondary N) is 1. The molecule has 1 aliphatic heterocycles. The number of hydrogen-bond donors (Lipinski definition) is 2. The Bertz CT molecular complexity index is 846. The van der Waals surface area contributed by atoms with Crippen LogP contribution in [0.5, 0.6) is 0 Å². The highest BCUT2D eigenvalue weighted by Gasteiger charge is 2.21. The molecular formula is C20H22N2O4S. The van der Waals surface area contributed by atoms with E-state index in [1.807, 2.05) is 11.0 Å². The molecule has 2 amide bonds. The molecule has 27 heavy (non-hydrogen) atoms. The average Bonchev–Trinajstić information content (AvgIpc) is 3.12. The maximum absolute atomic E-state index is 12.4. The van der Waals surface area contributed by atoms with E-state index < -0.39 is 5.97 Å². The summed E-state index contributed by atoms with van der Waals surface area (Å²) in [7, 11) is 0. The fraction of sp³-hybridized carbons (Fsp3) is 0.350. The zero-order chi connectivity index (χ0) is 19.2. The highest BCUT2D eigenvalue weighted by Crippen LogP contribution is 2.24. The zero-order valence-electron chi connectivity index (χ0n) is 14.9. The maximum atomic E-state index is 12.4. The minimum atomic E-state index is -0.852. The van der Waals surface area contributed by atoms with Gasteiger partial charge < -0.3 is 15.3 Å². The predicted octanol–water partition coefficient (Wildman–Crippen LogP) is 3.07. The normalized spacial score (nSPS) is 13.1. The van der Waals surface area contributed by atoms with Gasteiger partial charge in [-0.3, -0.25) is 14.4 Å². The van der Waals surface area contributed by atoms with E-state index in [2.05, 4.69) is 16.8 Å². The molecule has 0 spiro atoms. The van der Waals surface area contributed by atoms with Gasteiger partial charge in [-0.25, -0.2) is 0 Å². The standard InChI is InChI=1S/C20H22N2O4S/c23-18(21-16-3-1-2-14(12-16)4-7-20(25)26)5-6-19(24)22-10-8-17-15(13-22)9-11-27-17/h1-3,9,11-12H,4-8,10,13H2,(H,21,23)(H,25,26). The van der Waals surface area contributed by atoms with Gasteiger partial charge in [0.25, 0.3) is 0 Å². The summed E-state index contributed by atoms with van der Waals surface area (Å²) in [5.74, 6) is -1.07. The Balaban J connectivity index is 1.46. The van der Waals surface area contributed by atoms with Gasteiger partial charge in [-0.2, -0.15) is 0 Å². The van der Waals surface area contributed by atoms with E-state index in [1.165, 1.54) is 10.4 Å². The lowest BCUT2D eigenvalue weighted by Gasteiger charge is -2.27. The van der Waals surface area contributed by atoms with Crippen LogP contribution in [0.4, 0.5) is 5.69 Å². The molecule has 0 unspecified atom stereocenters. The van der Waals surface area contributed by atoms with Crippen LogP contribution >= 0.6 is 11.3 Å². The van der Waals surface area contributed by atoms with Crippen molar-refractivity contribution in [3.05, 3.63) is 51.7 Å². The highest BCUT2D eigenvalue weighted by atomic mass is 32.1. The SMILES string of the molecule is O=C(O)CCc1cccc(NC(=O)CCC(=O)N2CCc3sccc3C2)c1. The Hall–Kier alpha value is -2.67. The number of amides is 2. The summed E-state index contributed by atoms with van der Waals surface area (Å²) in [6.07, 6.45) is 1.66. The number of benzene rings is 1. The van der Waals surface area contributed by atoms with Crippen LogP contribution in [0.2, 0.25) is 0 Å². The first kappa shape index (κ1) is 19.1. The topological polar surface area (TPSA) is 86.7 Å². The number of carbonyl (C=O) groups is 3. The molecule has 0 aliphatic carbocycles. The van der Waals surface area contributed by atoms with E-state index >= 15 is 0 Å². The summed E-state index contributed by atoms with van der Waals surface area (Å²) >= 11 is 1.73. The molecule has 6 nitrogen and oxygen atoms in total. The summed E-state index contributed by atoms with van der Waals surface area (Å²) in [6.45, 7) is 1.34. The van der Waals surface area contributed by atoms with Gasteiger partial charge in [-0.05, 0) is 47.5 Å². The first-order valence-electron chi connectivity index (χ1n) is 8.95. The number of thiophene rings is 1. The second kappa shape index (κ2) is 8.81. The van der Waals surface area contributed by atoms with Crippen LogP contribution in [0.25, 0.3) is 0 Å². The van der Waals surface area contributed by atoms with Crippen molar-refractivity contribution < 1.29 is 19.5 Å². The number of hydrogen-bond acceptors (Lipinski definition) is 4. The summed E-state index contributed by atoms with van der Waals surface area (Å²) < 4.78 is 0. The molecule has 0 atom stereocenters. The molecule has 7 heteroatoms. The van der Waals surface area contributed by atoms with E-state index in [0.717, 1.165) is 12.0 Å². The van der Waals surface area contributed by atoms with Gasteiger partial charge >= 0.3 is 5.97 Å². The first-order valence-corrected chi connectivity index (χ1v) is 9.83. The van der Waals surface area contributed by atoms with Gasteiger partial charge in [0.2, 0.25) is 11.8 Å². The number of aliphatic carboxylic acids is 1. The second-order valence-electron chi connectivity index (χ2n) is 6.58. The van der Waals surface area contributed by atoms with Gasteiger partial charge in [-0.1, -0.05) is 12.1 Å². The van der Waals surface area contributed by atoms with Crippen molar-refractivity contribution in [2.24, 2.45) is 0 Å². The predicted molar refractivity (Wildman–Crippen MR) is 104 cm³/mol. The van der Waals surface area contributed by atoms with E-state index in [1.54, 1.807) is 29.5 Å².